The molecular formula is C12H14N4OS. The Hall–Kier alpha value is -1.82. The van der Waals surface area contributed by atoms with E-state index in [1.807, 2.05) is 41.2 Å². The van der Waals surface area contributed by atoms with Crippen molar-refractivity contribution >= 4 is 23.6 Å². The van der Waals surface area contributed by atoms with Crippen molar-refractivity contribution in [3.8, 4) is 0 Å². The van der Waals surface area contributed by atoms with Crippen LogP contribution in [0.15, 0.2) is 35.5 Å². The molecule has 0 atom stereocenters. The summed E-state index contributed by atoms with van der Waals surface area (Å²) in [6.45, 7) is 2.10. The summed E-state index contributed by atoms with van der Waals surface area (Å²) in [5, 5.41) is 11.5. The first-order chi connectivity index (χ1) is 8.70. The van der Waals surface area contributed by atoms with Crippen LogP contribution >= 0.6 is 11.8 Å². The van der Waals surface area contributed by atoms with E-state index in [0.29, 0.717) is 12.5 Å². The Balaban J connectivity index is 2.29. The van der Waals surface area contributed by atoms with Crippen LogP contribution in [0.4, 0.5) is 5.95 Å². The highest BCUT2D eigenvalue weighted by molar-refractivity contribution is 7.98. The Kier molecular flexibility index (Phi) is 3.99. The summed E-state index contributed by atoms with van der Waals surface area (Å²) < 4.78 is 1.89. The van der Waals surface area contributed by atoms with E-state index in [0.717, 1.165) is 10.7 Å². The van der Waals surface area contributed by atoms with Crippen LogP contribution in [0, 0.1) is 0 Å². The van der Waals surface area contributed by atoms with Crippen molar-refractivity contribution in [2.75, 3.05) is 11.6 Å². The maximum atomic E-state index is 11.1. The van der Waals surface area contributed by atoms with Gasteiger partial charge in [0.05, 0.1) is 6.54 Å². The molecule has 0 radical (unpaired) electrons. The zero-order chi connectivity index (χ0) is 13.0. The summed E-state index contributed by atoms with van der Waals surface area (Å²) in [6.07, 6.45) is 1.93. The van der Waals surface area contributed by atoms with E-state index in [-0.39, 0.29) is 5.91 Å². The number of carbonyl (C=O) groups excluding carboxylic acids is 1. The molecule has 0 aliphatic heterocycles. The molecule has 6 heteroatoms. The van der Waals surface area contributed by atoms with Gasteiger partial charge < -0.3 is 0 Å². The first kappa shape index (κ1) is 12.6. The lowest BCUT2D eigenvalue weighted by Crippen LogP contribution is -2.13. The van der Waals surface area contributed by atoms with Gasteiger partial charge in [-0.3, -0.25) is 14.7 Å². The number of benzene rings is 1. The summed E-state index contributed by atoms with van der Waals surface area (Å²) in [5.41, 5.74) is 1.14. The lowest BCUT2D eigenvalue weighted by atomic mass is 10.2. The summed E-state index contributed by atoms with van der Waals surface area (Å²) in [6, 6.07) is 10.00. The van der Waals surface area contributed by atoms with Gasteiger partial charge in [-0.15, -0.1) is 10.2 Å². The third kappa shape index (κ3) is 2.89. The Bertz CT molecular complexity index is 538. The molecule has 1 amide bonds. The van der Waals surface area contributed by atoms with Crippen molar-refractivity contribution in [2.45, 2.75) is 18.6 Å². The van der Waals surface area contributed by atoms with E-state index in [4.69, 9.17) is 0 Å². The van der Waals surface area contributed by atoms with Gasteiger partial charge in [-0.1, -0.05) is 42.1 Å². The van der Waals surface area contributed by atoms with Crippen molar-refractivity contribution in [3.63, 3.8) is 0 Å². The van der Waals surface area contributed by atoms with Gasteiger partial charge in [0.15, 0.2) is 5.16 Å². The Labute approximate surface area is 110 Å². The molecule has 0 saturated carbocycles. The van der Waals surface area contributed by atoms with Crippen molar-refractivity contribution in [1.82, 2.24) is 14.8 Å². The molecule has 94 valence electrons. The smallest absolute Gasteiger partial charge is 0.232 e. The van der Waals surface area contributed by atoms with Crippen LogP contribution in [-0.4, -0.2) is 26.9 Å². The highest BCUT2D eigenvalue weighted by atomic mass is 32.2. The van der Waals surface area contributed by atoms with Crippen molar-refractivity contribution < 1.29 is 4.79 Å². The quantitative estimate of drug-likeness (QED) is 0.856. The third-order valence-electron chi connectivity index (χ3n) is 2.37. The molecule has 1 N–H and O–H groups in total. The first-order valence-electron chi connectivity index (χ1n) is 5.49. The standard InChI is InChI=1S/C12H14N4OS/c1-9(17)13-11-14-15-12(18-2)16(11)8-10-6-4-3-5-7-10/h3-7H,8H2,1-2H3,(H,13,14,17). The second-order valence-electron chi connectivity index (χ2n) is 3.76. The molecule has 2 aromatic rings. The number of hydrogen-bond donors (Lipinski definition) is 1. The molecular weight excluding hydrogens is 248 g/mol. The Morgan fingerprint density at radius 2 is 2.06 bits per heavy atom. The van der Waals surface area contributed by atoms with Crippen LogP contribution in [0.3, 0.4) is 0 Å². The summed E-state index contributed by atoms with van der Waals surface area (Å²) >= 11 is 1.50. The highest BCUT2D eigenvalue weighted by Crippen LogP contribution is 2.18. The zero-order valence-electron chi connectivity index (χ0n) is 10.3. The SMILES string of the molecule is CSc1nnc(NC(C)=O)n1Cc1ccccc1. The summed E-state index contributed by atoms with van der Waals surface area (Å²) in [4.78, 5) is 11.1. The average molecular weight is 262 g/mol. The first-order valence-corrected chi connectivity index (χ1v) is 6.72. The maximum Gasteiger partial charge on any atom is 0.232 e. The summed E-state index contributed by atoms with van der Waals surface area (Å²) in [7, 11) is 0. The molecule has 0 spiro atoms. The second kappa shape index (κ2) is 5.68. The van der Waals surface area contributed by atoms with Gasteiger partial charge in [-0.05, 0) is 11.8 Å². The lowest BCUT2D eigenvalue weighted by Gasteiger charge is -2.09. The van der Waals surface area contributed by atoms with Gasteiger partial charge in [0.1, 0.15) is 0 Å². The molecule has 1 heterocycles. The van der Waals surface area contributed by atoms with Gasteiger partial charge >= 0.3 is 0 Å². The van der Waals surface area contributed by atoms with Crippen LogP contribution in [0.1, 0.15) is 12.5 Å². The molecule has 1 aromatic heterocycles. The minimum absolute atomic E-state index is 0.149. The Morgan fingerprint density at radius 1 is 1.33 bits per heavy atom. The number of amides is 1. The normalized spacial score (nSPS) is 10.3. The second-order valence-corrected chi connectivity index (χ2v) is 4.54. The van der Waals surface area contributed by atoms with Gasteiger partial charge in [-0.2, -0.15) is 0 Å². The van der Waals surface area contributed by atoms with Gasteiger partial charge in [0.2, 0.25) is 11.9 Å². The number of anilines is 1. The molecule has 18 heavy (non-hydrogen) atoms. The fourth-order valence-corrected chi connectivity index (χ4v) is 2.09. The third-order valence-corrected chi connectivity index (χ3v) is 3.04. The number of aromatic nitrogens is 3. The Morgan fingerprint density at radius 3 is 2.67 bits per heavy atom. The summed E-state index contributed by atoms with van der Waals surface area (Å²) in [5.74, 6) is 0.333. The number of nitrogens with one attached hydrogen (secondary N) is 1. The number of carbonyl (C=O) groups is 1. The van der Waals surface area contributed by atoms with Gasteiger partial charge in [-0.25, -0.2) is 0 Å². The molecule has 0 bridgehead atoms. The van der Waals surface area contributed by atoms with Crippen LogP contribution in [0.25, 0.3) is 0 Å². The predicted octanol–water partition coefficient (Wildman–Crippen LogP) is 2.01. The van der Waals surface area contributed by atoms with E-state index in [1.165, 1.54) is 18.7 Å². The van der Waals surface area contributed by atoms with E-state index >= 15 is 0 Å². The maximum absolute atomic E-state index is 11.1. The van der Waals surface area contributed by atoms with Gasteiger partial charge in [0, 0.05) is 6.92 Å². The zero-order valence-corrected chi connectivity index (χ0v) is 11.1. The van der Waals surface area contributed by atoms with Crippen molar-refractivity contribution in [1.29, 1.82) is 0 Å². The molecule has 5 nitrogen and oxygen atoms in total. The van der Waals surface area contributed by atoms with Crippen LogP contribution in [0.5, 0.6) is 0 Å². The predicted molar refractivity (Wildman–Crippen MR) is 71.7 cm³/mol. The topological polar surface area (TPSA) is 59.8 Å². The van der Waals surface area contributed by atoms with E-state index in [2.05, 4.69) is 15.5 Å². The largest absolute Gasteiger partial charge is 0.295 e. The van der Waals surface area contributed by atoms with E-state index in [1.54, 1.807) is 0 Å². The van der Waals surface area contributed by atoms with E-state index < -0.39 is 0 Å². The molecule has 0 unspecified atom stereocenters. The monoisotopic (exact) mass is 262 g/mol. The number of hydrogen-bond acceptors (Lipinski definition) is 4. The molecule has 0 saturated heterocycles. The molecule has 1 aromatic carbocycles. The molecule has 2 rings (SSSR count). The van der Waals surface area contributed by atoms with Crippen molar-refractivity contribution in [2.24, 2.45) is 0 Å². The molecule has 0 aliphatic rings. The van der Waals surface area contributed by atoms with Crippen LogP contribution in [0.2, 0.25) is 0 Å². The number of rotatable bonds is 4. The molecule has 0 fully saturated rings. The van der Waals surface area contributed by atoms with Crippen molar-refractivity contribution in [3.05, 3.63) is 35.9 Å². The fourth-order valence-electron chi connectivity index (χ4n) is 1.60. The highest BCUT2D eigenvalue weighted by Gasteiger charge is 2.12. The molecule has 0 aliphatic carbocycles. The van der Waals surface area contributed by atoms with Gasteiger partial charge in [0.25, 0.3) is 0 Å². The lowest BCUT2D eigenvalue weighted by molar-refractivity contribution is -0.114. The minimum Gasteiger partial charge on any atom is -0.295 e. The fraction of sp³-hybridized carbons (Fsp3) is 0.250. The number of nitrogens with zero attached hydrogens (tertiary/aromatic N) is 3. The van der Waals surface area contributed by atoms with Crippen LogP contribution in [-0.2, 0) is 11.3 Å². The minimum atomic E-state index is -0.149. The van der Waals surface area contributed by atoms with Crippen LogP contribution < -0.4 is 5.32 Å². The number of thioether (sulfide) groups is 1. The average Bonchev–Trinajstić information content (AvgIpc) is 2.72. The van der Waals surface area contributed by atoms with E-state index in [9.17, 15) is 4.79 Å².